The number of aliphatic hydroxyl groups excluding tert-OH is 4. The Morgan fingerprint density at radius 1 is 0.941 bits per heavy atom. The minimum absolute atomic E-state index is 0.0213. The molecular formula is C23H24O11. The van der Waals surface area contributed by atoms with Gasteiger partial charge in [0.25, 0.3) is 0 Å². The van der Waals surface area contributed by atoms with E-state index in [4.69, 9.17) is 18.6 Å². The van der Waals surface area contributed by atoms with E-state index in [-0.39, 0.29) is 39.5 Å². The highest BCUT2D eigenvalue weighted by Crippen LogP contribution is 2.50. The summed E-state index contributed by atoms with van der Waals surface area (Å²) in [7, 11) is 2.52. The monoisotopic (exact) mass is 476 g/mol. The Hall–Kier alpha value is -3.35. The lowest BCUT2D eigenvalue weighted by atomic mass is 9.89. The fourth-order valence-corrected chi connectivity index (χ4v) is 4.11. The Kier molecular flexibility index (Phi) is 6.39. The van der Waals surface area contributed by atoms with Gasteiger partial charge in [-0.25, -0.2) is 0 Å². The van der Waals surface area contributed by atoms with Gasteiger partial charge < -0.3 is 49.3 Å². The molecule has 0 saturated carbocycles. The smallest absolute Gasteiger partial charge is 0.205 e. The van der Waals surface area contributed by atoms with Gasteiger partial charge in [0, 0.05) is 11.6 Å². The number of phenolic OH excluding ortho intramolecular Hbond substituents is 2. The Labute approximate surface area is 192 Å². The van der Waals surface area contributed by atoms with Gasteiger partial charge in [-0.1, -0.05) is 0 Å². The van der Waals surface area contributed by atoms with E-state index in [1.54, 1.807) is 0 Å². The molecule has 1 fully saturated rings. The molecule has 1 saturated heterocycles. The van der Waals surface area contributed by atoms with Crippen LogP contribution in [0.3, 0.4) is 0 Å². The number of aromatic hydroxyl groups is 2. The van der Waals surface area contributed by atoms with Crippen molar-refractivity contribution < 1.29 is 49.3 Å². The summed E-state index contributed by atoms with van der Waals surface area (Å²) in [5.41, 5.74) is -0.571. The maximum absolute atomic E-state index is 13.1. The van der Waals surface area contributed by atoms with E-state index >= 15 is 0 Å². The number of aliphatic hydroxyl groups is 4. The molecule has 2 unspecified atom stereocenters. The van der Waals surface area contributed by atoms with Gasteiger partial charge in [-0.3, -0.25) is 4.79 Å². The second-order valence-electron chi connectivity index (χ2n) is 7.80. The van der Waals surface area contributed by atoms with Crippen LogP contribution in [0.1, 0.15) is 11.7 Å². The summed E-state index contributed by atoms with van der Waals surface area (Å²) in [5, 5.41) is 60.8. The van der Waals surface area contributed by atoms with Crippen molar-refractivity contribution in [3.8, 4) is 34.3 Å². The number of hydrogen-bond acceptors (Lipinski definition) is 11. The lowest BCUT2D eigenvalue weighted by Gasteiger charge is -2.40. The summed E-state index contributed by atoms with van der Waals surface area (Å²) in [6.07, 6.45) is -7.86. The van der Waals surface area contributed by atoms with Gasteiger partial charge in [0.1, 0.15) is 53.2 Å². The lowest BCUT2D eigenvalue weighted by Crippen LogP contribution is -2.55. The molecule has 0 aliphatic carbocycles. The van der Waals surface area contributed by atoms with Crippen molar-refractivity contribution in [2.24, 2.45) is 0 Å². The van der Waals surface area contributed by atoms with Crippen LogP contribution >= 0.6 is 0 Å². The molecular weight excluding hydrogens is 452 g/mol. The van der Waals surface area contributed by atoms with Crippen LogP contribution in [0.4, 0.5) is 0 Å². The first-order valence-corrected chi connectivity index (χ1v) is 10.3. The zero-order valence-corrected chi connectivity index (χ0v) is 18.2. The van der Waals surface area contributed by atoms with E-state index in [1.165, 1.54) is 38.5 Å². The first-order chi connectivity index (χ1) is 16.2. The van der Waals surface area contributed by atoms with Crippen molar-refractivity contribution in [1.29, 1.82) is 0 Å². The SMILES string of the molecule is COc1c([C@@H]2OC(CO)[C@@H](O)[C@H](O)C2O)c(O)c2c(=O)cc(-c3ccc(O)cc3)oc2c1OC. The molecule has 0 radical (unpaired) electrons. The Bertz CT molecular complexity index is 1250. The highest BCUT2D eigenvalue weighted by Gasteiger charge is 2.47. The van der Waals surface area contributed by atoms with E-state index in [0.717, 1.165) is 6.07 Å². The average Bonchev–Trinajstić information content (AvgIpc) is 2.83. The van der Waals surface area contributed by atoms with Crippen molar-refractivity contribution in [3.63, 3.8) is 0 Å². The zero-order chi connectivity index (χ0) is 24.7. The topological polar surface area (TPSA) is 179 Å². The van der Waals surface area contributed by atoms with Crippen molar-refractivity contribution in [3.05, 3.63) is 46.1 Å². The van der Waals surface area contributed by atoms with Crippen LogP contribution in [0, 0.1) is 0 Å². The number of benzene rings is 2. The molecule has 0 amide bonds. The van der Waals surface area contributed by atoms with Crippen LogP contribution in [0.5, 0.6) is 23.0 Å². The molecule has 0 bridgehead atoms. The summed E-state index contributed by atoms with van der Waals surface area (Å²) >= 11 is 0. The summed E-state index contributed by atoms with van der Waals surface area (Å²) in [6, 6.07) is 7.03. The van der Waals surface area contributed by atoms with E-state index < -0.39 is 48.3 Å². The fourth-order valence-electron chi connectivity index (χ4n) is 4.11. The van der Waals surface area contributed by atoms with Crippen LogP contribution in [0.25, 0.3) is 22.3 Å². The van der Waals surface area contributed by atoms with Crippen molar-refractivity contribution >= 4 is 11.0 Å². The first-order valence-electron chi connectivity index (χ1n) is 10.3. The summed E-state index contributed by atoms with van der Waals surface area (Å²) in [4.78, 5) is 13.1. The number of ether oxygens (including phenoxy) is 3. The first kappa shape index (κ1) is 23.8. The number of hydrogen-bond donors (Lipinski definition) is 6. The van der Waals surface area contributed by atoms with Gasteiger partial charge >= 0.3 is 0 Å². The quantitative estimate of drug-likeness (QED) is 0.300. The summed E-state index contributed by atoms with van der Waals surface area (Å²) in [6.45, 7) is -0.687. The standard InChI is InChI=1S/C23H24O11/c1-31-21-15(20-19(30)18(29)16(27)13(8-24)34-20)17(28)14-11(26)7-12(33-22(14)23(21)32-2)9-3-5-10(25)6-4-9/h3-7,13,16,18-20,24-25,27-30H,8H2,1-2H3/t13?,16-,18+,19?,20+/m1/s1. The van der Waals surface area contributed by atoms with Crippen LogP contribution in [-0.4, -0.2) is 75.9 Å². The fraction of sp³-hybridized carbons (Fsp3) is 0.348. The van der Waals surface area contributed by atoms with E-state index in [1.807, 2.05) is 0 Å². The largest absolute Gasteiger partial charge is 0.508 e. The van der Waals surface area contributed by atoms with Gasteiger partial charge in [-0.15, -0.1) is 0 Å². The second-order valence-corrected chi connectivity index (χ2v) is 7.80. The van der Waals surface area contributed by atoms with Crippen molar-refractivity contribution in [1.82, 2.24) is 0 Å². The third-order valence-electron chi connectivity index (χ3n) is 5.83. The molecule has 4 rings (SSSR count). The predicted octanol–water partition coefficient (Wildman–Crippen LogP) is 0.403. The van der Waals surface area contributed by atoms with Gasteiger partial charge in [0.2, 0.25) is 5.75 Å². The number of rotatable bonds is 5. The van der Waals surface area contributed by atoms with Gasteiger partial charge in [-0.2, -0.15) is 0 Å². The maximum Gasteiger partial charge on any atom is 0.205 e. The maximum atomic E-state index is 13.1. The Morgan fingerprint density at radius 2 is 1.59 bits per heavy atom. The Balaban J connectivity index is 1.99. The van der Waals surface area contributed by atoms with E-state index in [2.05, 4.69) is 0 Å². The van der Waals surface area contributed by atoms with Crippen LogP contribution in [0.15, 0.2) is 39.5 Å². The highest BCUT2D eigenvalue weighted by atomic mass is 16.5. The normalized spacial score (nSPS) is 24.8. The second kappa shape index (κ2) is 9.12. The molecule has 5 atom stereocenters. The van der Waals surface area contributed by atoms with Gasteiger partial charge in [0.05, 0.1) is 26.4 Å². The Morgan fingerprint density at radius 3 is 2.18 bits per heavy atom. The average molecular weight is 476 g/mol. The number of phenols is 2. The van der Waals surface area contributed by atoms with Crippen LogP contribution in [0.2, 0.25) is 0 Å². The molecule has 2 aromatic carbocycles. The molecule has 1 aromatic heterocycles. The van der Waals surface area contributed by atoms with Crippen LogP contribution in [-0.2, 0) is 4.74 Å². The lowest BCUT2D eigenvalue weighted by molar-refractivity contribution is -0.232. The highest BCUT2D eigenvalue weighted by molar-refractivity contribution is 5.94. The molecule has 1 aliphatic rings. The van der Waals surface area contributed by atoms with E-state index in [9.17, 15) is 35.4 Å². The predicted molar refractivity (Wildman–Crippen MR) is 117 cm³/mol. The molecule has 3 aromatic rings. The molecule has 34 heavy (non-hydrogen) atoms. The molecule has 2 heterocycles. The number of methoxy groups -OCH3 is 2. The molecule has 11 nitrogen and oxygen atoms in total. The third-order valence-corrected chi connectivity index (χ3v) is 5.83. The third kappa shape index (κ3) is 3.73. The van der Waals surface area contributed by atoms with Crippen molar-refractivity contribution in [2.75, 3.05) is 20.8 Å². The van der Waals surface area contributed by atoms with Gasteiger partial charge in [-0.05, 0) is 24.3 Å². The number of fused-ring (bicyclic) bond motifs is 1. The van der Waals surface area contributed by atoms with E-state index in [0.29, 0.717) is 5.56 Å². The minimum atomic E-state index is -1.75. The molecule has 6 N–H and O–H groups in total. The molecule has 182 valence electrons. The molecule has 0 spiro atoms. The van der Waals surface area contributed by atoms with Crippen LogP contribution < -0.4 is 14.9 Å². The molecule has 11 heteroatoms. The molecule has 1 aliphatic heterocycles. The van der Waals surface area contributed by atoms with Gasteiger partial charge in [0.15, 0.2) is 16.8 Å². The van der Waals surface area contributed by atoms with Crippen molar-refractivity contribution in [2.45, 2.75) is 30.5 Å². The zero-order valence-electron chi connectivity index (χ0n) is 18.2. The summed E-state index contributed by atoms with van der Waals surface area (Å²) < 4.78 is 22.3. The minimum Gasteiger partial charge on any atom is -0.508 e. The summed E-state index contributed by atoms with van der Waals surface area (Å²) in [5.74, 6) is -0.753.